The molecule has 1 atom stereocenters. The fraction of sp³-hybridized carbons (Fsp3) is 0.286. The Morgan fingerprint density at radius 3 is 2.12 bits per heavy atom. The Labute approximate surface area is 125 Å². The lowest BCUT2D eigenvalue weighted by Crippen LogP contribution is -1.93. The van der Waals surface area contributed by atoms with Crippen LogP contribution in [0.15, 0.2) is 35.7 Å². The molecule has 2 rings (SSSR count). The zero-order valence-electron chi connectivity index (χ0n) is 9.78. The van der Waals surface area contributed by atoms with Crippen molar-refractivity contribution in [2.75, 3.05) is 0 Å². The second-order valence-electron chi connectivity index (χ2n) is 4.37. The van der Waals surface area contributed by atoms with Crippen LogP contribution in [0.3, 0.4) is 0 Å². The Kier molecular flexibility index (Phi) is 4.50. The molecule has 0 amide bonds. The molecule has 0 aliphatic carbocycles. The SMILES string of the molecule is CC(C)c1ccc(C(Cl)c2csc(I)c2)cc1. The van der Waals surface area contributed by atoms with E-state index in [0.29, 0.717) is 5.92 Å². The molecular formula is C14H14ClIS. The summed E-state index contributed by atoms with van der Waals surface area (Å²) in [5.41, 5.74) is 3.72. The van der Waals surface area contributed by atoms with Gasteiger partial charge in [0.15, 0.2) is 0 Å². The zero-order valence-corrected chi connectivity index (χ0v) is 13.5. The number of halogens is 2. The molecule has 0 nitrogen and oxygen atoms in total. The van der Waals surface area contributed by atoms with Crippen LogP contribution in [-0.4, -0.2) is 0 Å². The molecule has 1 unspecified atom stereocenters. The number of thiophene rings is 1. The smallest absolute Gasteiger partial charge is 0.0843 e. The third-order valence-electron chi connectivity index (χ3n) is 2.78. The molecule has 0 aliphatic heterocycles. The van der Waals surface area contributed by atoms with E-state index in [4.69, 9.17) is 11.6 Å². The first kappa shape index (κ1) is 13.4. The quantitative estimate of drug-likeness (QED) is 0.469. The summed E-state index contributed by atoms with van der Waals surface area (Å²) >= 11 is 10.5. The van der Waals surface area contributed by atoms with E-state index in [1.54, 1.807) is 11.3 Å². The van der Waals surface area contributed by atoms with Crippen LogP contribution in [0.2, 0.25) is 0 Å². The highest BCUT2D eigenvalue weighted by Crippen LogP contribution is 2.32. The first-order valence-electron chi connectivity index (χ1n) is 5.56. The summed E-state index contributed by atoms with van der Waals surface area (Å²) in [6.07, 6.45) is 0. The summed E-state index contributed by atoms with van der Waals surface area (Å²) in [6.45, 7) is 4.41. The van der Waals surface area contributed by atoms with E-state index in [9.17, 15) is 0 Å². The normalized spacial score (nSPS) is 13.0. The molecule has 0 fully saturated rings. The molecule has 1 heterocycles. The highest BCUT2D eigenvalue weighted by Gasteiger charge is 2.12. The predicted molar refractivity (Wildman–Crippen MR) is 85.3 cm³/mol. The van der Waals surface area contributed by atoms with E-state index >= 15 is 0 Å². The van der Waals surface area contributed by atoms with Gasteiger partial charge in [-0.1, -0.05) is 38.1 Å². The molecule has 0 radical (unpaired) electrons. The molecule has 0 aliphatic rings. The van der Waals surface area contributed by atoms with Gasteiger partial charge in [0.25, 0.3) is 0 Å². The van der Waals surface area contributed by atoms with Gasteiger partial charge < -0.3 is 0 Å². The van der Waals surface area contributed by atoms with Crippen LogP contribution in [0.5, 0.6) is 0 Å². The molecule has 17 heavy (non-hydrogen) atoms. The van der Waals surface area contributed by atoms with Crippen LogP contribution < -0.4 is 0 Å². The lowest BCUT2D eigenvalue weighted by molar-refractivity contribution is 0.865. The van der Waals surface area contributed by atoms with E-state index in [-0.39, 0.29) is 5.38 Å². The number of benzene rings is 1. The average Bonchev–Trinajstić information content (AvgIpc) is 2.75. The highest BCUT2D eigenvalue weighted by atomic mass is 127. The molecule has 0 saturated heterocycles. The lowest BCUT2D eigenvalue weighted by Gasteiger charge is -2.10. The Balaban J connectivity index is 2.22. The Hall–Kier alpha value is -0.0600. The van der Waals surface area contributed by atoms with Crippen LogP contribution in [0.25, 0.3) is 0 Å². The fourth-order valence-electron chi connectivity index (χ4n) is 1.70. The van der Waals surface area contributed by atoms with Gasteiger partial charge in [-0.15, -0.1) is 22.9 Å². The van der Waals surface area contributed by atoms with Gasteiger partial charge in [0.05, 0.1) is 8.26 Å². The monoisotopic (exact) mass is 376 g/mol. The van der Waals surface area contributed by atoms with Gasteiger partial charge in [-0.05, 0) is 56.6 Å². The highest BCUT2D eigenvalue weighted by molar-refractivity contribution is 14.1. The first-order valence-corrected chi connectivity index (χ1v) is 7.95. The number of hydrogen-bond acceptors (Lipinski definition) is 1. The van der Waals surface area contributed by atoms with Crippen LogP contribution >= 0.6 is 45.5 Å². The fourth-order valence-corrected chi connectivity index (χ4v) is 3.44. The summed E-state index contributed by atoms with van der Waals surface area (Å²) in [7, 11) is 0. The van der Waals surface area contributed by atoms with Crippen molar-refractivity contribution < 1.29 is 0 Å². The molecule has 0 saturated carbocycles. The Morgan fingerprint density at radius 1 is 1.06 bits per heavy atom. The van der Waals surface area contributed by atoms with Gasteiger partial charge >= 0.3 is 0 Å². The molecule has 90 valence electrons. The Morgan fingerprint density at radius 2 is 1.65 bits per heavy atom. The van der Waals surface area contributed by atoms with Gasteiger partial charge in [0.1, 0.15) is 0 Å². The van der Waals surface area contributed by atoms with Crippen LogP contribution in [0.4, 0.5) is 0 Å². The number of rotatable bonds is 3. The van der Waals surface area contributed by atoms with Gasteiger partial charge in [-0.2, -0.15) is 0 Å². The number of hydrogen-bond donors (Lipinski definition) is 0. The summed E-state index contributed by atoms with van der Waals surface area (Å²) in [6, 6.07) is 10.8. The van der Waals surface area contributed by atoms with Crippen molar-refractivity contribution >= 4 is 45.5 Å². The topological polar surface area (TPSA) is 0 Å². The van der Waals surface area contributed by atoms with E-state index in [1.807, 2.05) is 0 Å². The minimum atomic E-state index is -0.0315. The second kappa shape index (κ2) is 5.72. The van der Waals surface area contributed by atoms with Crippen molar-refractivity contribution in [1.29, 1.82) is 0 Å². The van der Waals surface area contributed by atoms with Gasteiger partial charge in [-0.3, -0.25) is 0 Å². The summed E-state index contributed by atoms with van der Waals surface area (Å²) < 4.78 is 1.28. The molecule has 1 aromatic carbocycles. The van der Waals surface area contributed by atoms with Gasteiger partial charge in [0, 0.05) is 0 Å². The molecule has 0 N–H and O–H groups in total. The molecule has 0 spiro atoms. The van der Waals surface area contributed by atoms with E-state index in [1.165, 1.54) is 19.6 Å². The third-order valence-corrected chi connectivity index (χ3v) is 5.09. The Bertz CT molecular complexity index is 487. The van der Waals surface area contributed by atoms with Crippen molar-refractivity contribution in [3.8, 4) is 0 Å². The van der Waals surface area contributed by atoms with Crippen LogP contribution in [-0.2, 0) is 0 Å². The van der Waals surface area contributed by atoms with Crippen molar-refractivity contribution in [1.82, 2.24) is 0 Å². The third kappa shape index (κ3) is 3.24. The van der Waals surface area contributed by atoms with E-state index in [2.05, 4.69) is 72.2 Å². The minimum absolute atomic E-state index is 0.0315. The van der Waals surface area contributed by atoms with E-state index in [0.717, 1.165) is 0 Å². The average molecular weight is 377 g/mol. The van der Waals surface area contributed by atoms with Crippen LogP contribution in [0.1, 0.15) is 41.8 Å². The summed E-state index contributed by atoms with van der Waals surface area (Å²) in [4.78, 5) is 0. The van der Waals surface area contributed by atoms with Crippen molar-refractivity contribution in [3.63, 3.8) is 0 Å². The van der Waals surface area contributed by atoms with Crippen molar-refractivity contribution in [2.45, 2.75) is 25.1 Å². The standard InChI is InChI=1S/C14H14ClIS/c1-9(2)10-3-5-11(6-4-10)14(15)12-7-13(16)17-8-12/h3-9,14H,1-2H3. The maximum atomic E-state index is 6.48. The largest absolute Gasteiger partial charge is 0.137 e. The summed E-state index contributed by atoms with van der Waals surface area (Å²) in [5, 5.41) is 2.10. The zero-order chi connectivity index (χ0) is 12.4. The van der Waals surface area contributed by atoms with Crippen molar-refractivity contribution in [3.05, 3.63) is 55.3 Å². The molecule has 2 aromatic rings. The predicted octanol–water partition coefficient (Wildman–Crippen LogP) is 5.80. The van der Waals surface area contributed by atoms with Gasteiger partial charge in [-0.25, -0.2) is 0 Å². The van der Waals surface area contributed by atoms with E-state index < -0.39 is 0 Å². The first-order chi connectivity index (χ1) is 8.08. The molecule has 3 heteroatoms. The maximum Gasteiger partial charge on any atom is 0.0843 e. The second-order valence-corrected chi connectivity index (χ2v) is 7.61. The summed E-state index contributed by atoms with van der Waals surface area (Å²) in [5.74, 6) is 0.569. The minimum Gasteiger partial charge on any atom is -0.137 e. The van der Waals surface area contributed by atoms with Crippen LogP contribution in [0, 0.1) is 2.88 Å². The van der Waals surface area contributed by atoms with Gasteiger partial charge in [0.2, 0.25) is 0 Å². The maximum absolute atomic E-state index is 6.48. The van der Waals surface area contributed by atoms with Crippen molar-refractivity contribution in [2.24, 2.45) is 0 Å². The number of alkyl halides is 1. The molecule has 0 bridgehead atoms. The molecular weight excluding hydrogens is 363 g/mol. The molecule has 1 aromatic heterocycles. The lowest BCUT2D eigenvalue weighted by atomic mass is 9.99.